The van der Waals surface area contributed by atoms with Gasteiger partial charge < -0.3 is 5.73 Å². The molecule has 1 saturated heterocycles. The van der Waals surface area contributed by atoms with E-state index in [-0.39, 0.29) is 0 Å². The van der Waals surface area contributed by atoms with E-state index in [4.69, 9.17) is 5.73 Å². The Morgan fingerprint density at radius 2 is 1.88 bits per heavy atom. The van der Waals surface area contributed by atoms with Crippen molar-refractivity contribution >= 4 is 0 Å². The van der Waals surface area contributed by atoms with Gasteiger partial charge in [-0.05, 0) is 62.9 Å². The van der Waals surface area contributed by atoms with E-state index < -0.39 is 0 Å². The van der Waals surface area contributed by atoms with Gasteiger partial charge in [-0.1, -0.05) is 20.8 Å². The highest BCUT2D eigenvalue weighted by molar-refractivity contribution is 4.90. The average Bonchev–Trinajstić information content (AvgIpc) is 2.43. The fourth-order valence-corrected chi connectivity index (χ4v) is 3.57. The maximum atomic E-state index is 6.35. The first-order valence-corrected chi connectivity index (χ1v) is 7.47. The zero-order chi connectivity index (χ0) is 12.5. The SMILES string of the molecule is CC1CCC(N)C(N2CCCC(C)(C)CC2)C1. The lowest BCUT2D eigenvalue weighted by molar-refractivity contribution is 0.116. The molecule has 1 aliphatic heterocycles. The summed E-state index contributed by atoms with van der Waals surface area (Å²) in [6, 6.07) is 1.08. The molecule has 0 aromatic carbocycles. The van der Waals surface area contributed by atoms with Gasteiger partial charge in [0.05, 0.1) is 0 Å². The van der Waals surface area contributed by atoms with Gasteiger partial charge in [0.15, 0.2) is 0 Å². The van der Waals surface area contributed by atoms with Crippen LogP contribution in [0.5, 0.6) is 0 Å². The first-order chi connectivity index (χ1) is 7.98. The Labute approximate surface area is 107 Å². The van der Waals surface area contributed by atoms with Crippen molar-refractivity contribution in [3.8, 4) is 0 Å². The molecule has 17 heavy (non-hydrogen) atoms. The van der Waals surface area contributed by atoms with E-state index in [1.165, 1.54) is 51.6 Å². The second-order valence-electron chi connectivity index (χ2n) is 7.20. The Kier molecular flexibility index (Phi) is 4.14. The minimum atomic E-state index is 0.424. The molecular weight excluding hydrogens is 208 g/mol. The molecule has 3 unspecified atom stereocenters. The summed E-state index contributed by atoms with van der Waals surface area (Å²) in [6.07, 6.45) is 7.94. The van der Waals surface area contributed by atoms with E-state index in [0.29, 0.717) is 17.5 Å². The molecule has 2 heteroatoms. The van der Waals surface area contributed by atoms with Crippen molar-refractivity contribution in [1.82, 2.24) is 4.90 Å². The normalized spacial score (nSPS) is 39.9. The summed E-state index contributed by atoms with van der Waals surface area (Å²) in [5.74, 6) is 0.871. The molecule has 0 amide bonds. The summed E-state index contributed by atoms with van der Waals surface area (Å²) in [6.45, 7) is 9.76. The maximum Gasteiger partial charge on any atom is 0.0249 e. The fraction of sp³-hybridized carbons (Fsp3) is 1.00. The molecule has 1 saturated carbocycles. The predicted molar refractivity (Wildman–Crippen MR) is 74.0 cm³/mol. The van der Waals surface area contributed by atoms with Gasteiger partial charge in [-0.2, -0.15) is 0 Å². The zero-order valence-corrected chi connectivity index (χ0v) is 11.9. The number of hydrogen-bond acceptors (Lipinski definition) is 2. The molecule has 0 radical (unpaired) electrons. The van der Waals surface area contributed by atoms with Crippen LogP contribution in [0.15, 0.2) is 0 Å². The molecule has 0 spiro atoms. The van der Waals surface area contributed by atoms with Crippen LogP contribution in [0.2, 0.25) is 0 Å². The van der Waals surface area contributed by atoms with E-state index in [1.807, 2.05) is 0 Å². The van der Waals surface area contributed by atoms with E-state index in [1.54, 1.807) is 0 Å². The third kappa shape index (κ3) is 3.45. The highest BCUT2D eigenvalue weighted by Crippen LogP contribution is 2.33. The number of nitrogens with two attached hydrogens (primary N) is 1. The van der Waals surface area contributed by atoms with Gasteiger partial charge in [0.25, 0.3) is 0 Å². The van der Waals surface area contributed by atoms with Crippen LogP contribution >= 0.6 is 0 Å². The molecule has 0 aromatic rings. The highest BCUT2D eigenvalue weighted by Gasteiger charge is 2.33. The lowest BCUT2D eigenvalue weighted by atomic mass is 9.82. The molecule has 2 fully saturated rings. The van der Waals surface area contributed by atoms with Crippen molar-refractivity contribution in [3.63, 3.8) is 0 Å². The largest absolute Gasteiger partial charge is 0.326 e. The smallest absolute Gasteiger partial charge is 0.0249 e. The first kappa shape index (κ1) is 13.4. The number of likely N-dealkylation sites (tertiary alicyclic amines) is 1. The van der Waals surface area contributed by atoms with Crippen molar-refractivity contribution < 1.29 is 0 Å². The van der Waals surface area contributed by atoms with E-state index in [0.717, 1.165) is 5.92 Å². The van der Waals surface area contributed by atoms with Gasteiger partial charge in [0, 0.05) is 12.1 Å². The summed E-state index contributed by atoms with van der Waals surface area (Å²) in [7, 11) is 0. The second-order valence-corrected chi connectivity index (χ2v) is 7.20. The predicted octanol–water partition coefficient (Wildman–Crippen LogP) is 3.01. The molecule has 2 aliphatic rings. The molecule has 3 atom stereocenters. The van der Waals surface area contributed by atoms with Gasteiger partial charge in [0.2, 0.25) is 0 Å². The van der Waals surface area contributed by atoms with Crippen molar-refractivity contribution in [1.29, 1.82) is 0 Å². The maximum absolute atomic E-state index is 6.35. The van der Waals surface area contributed by atoms with Crippen LogP contribution in [0, 0.1) is 11.3 Å². The van der Waals surface area contributed by atoms with Crippen LogP contribution in [0.4, 0.5) is 0 Å². The molecule has 1 heterocycles. The zero-order valence-electron chi connectivity index (χ0n) is 11.9. The Hall–Kier alpha value is -0.0800. The van der Waals surface area contributed by atoms with Crippen molar-refractivity contribution in [2.75, 3.05) is 13.1 Å². The Morgan fingerprint density at radius 3 is 2.65 bits per heavy atom. The summed E-state index contributed by atoms with van der Waals surface area (Å²) < 4.78 is 0. The van der Waals surface area contributed by atoms with Crippen molar-refractivity contribution in [2.24, 2.45) is 17.1 Å². The van der Waals surface area contributed by atoms with Gasteiger partial charge in [0.1, 0.15) is 0 Å². The lowest BCUT2D eigenvalue weighted by Crippen LogP contribution is -2.51. The highest BCUT2D eigenvalue weighted by atomic mass is 15.2. The first-order valence-electron chi connectivity index (χ1n) is 7.47. The summed E-state index contributed by atoms with van der Waals surface area (Å²) >= 11 is 0. The van der Waals surface area contributed by atoms with E-state index in [9.17, 15) is 0 Å². The number of hydrogen-bond donors (Lipinski definition) is 1. The lowest BCUT2D eigenvalue weighted by Gasteiger charge is -2.40. The van der Waals surface area contributed by atoms with Crippen molar-refractivity contribution in [2.45, 2.75) is 71.4 Å². The summed E-state index contributed by atoms with van der Waals surface area (Å²) in [5, 5.41) is 0. The molecular formula is C15H30N2. The Balaban J connectivity index is 1.96. The van der Waals surface area contributed by atoms with Crippen LogP contribution in [0.3, 0.4) is 0 Å². The summed E-state index contributed by atoms with van der Waals surface area (Å²) in [4.78, 5) is 2.70. The molecule has 2 N–H and O–H groups in total. The van der Waals surface area contributed by atoms with Crippen molar-refractivity contribution in [3.05, 3.63) is 0 Å². The average molecular weight is 238 g/mol. The van der Waals surface area contributed by atoms with Crippen LogP contribution < -0.4 is 5.73 Å². The van der Waals surface area contributed by atoms with Gasteiger partial charge in [-0.15, -0.1) is 0 Å². The molecule has 2 rings (SSSR count). The van der Waals surface area contributed by atoms with Gasteiger partial charge >= 0.3 is 0 Å². The monoisotopic (exact) mass is 238 g/mol. The standard InChI is InChI=1S/C15H30N2/c1-12-5-6-13(16)14(11-12)17-9-4-7-15(2,3)8-10-17/h12-14H,4-11,16H2,1-3H3. The van der Waals surface area contributed by atoms with Crippen LogP contribution in [0.25, 0.3) is 0 Å². The third-order valence-electron chi connectivity index (χ3n) is 4.97. The Bertz CT molecular complexity index is 249. The molecule has 100 valence electrons. The molecule has 0 aromatic heterocycles. The van der Waals surface area contributed by atoms with Gasteiger partial charge in [-0.25, -0.2) is 0 Å². The Morgan fingerprint density at radius 1 is 1.12 bits per heavy atom. The van der Waals surface area contributed by atoms with Crippen LogP contribution in [-0.4, -0.2) is 30.1 Å². The minimum absolute atomic E-state index is 0.424. The van der Waals surface area contributed by atoms with Crippen LogP contribution in [-0.2, 0) is 0 Å². The second kappa shape index (κ2) is 5.27. The quantitative estimate of drug-likeness (QED) is 0.761. The van der Waals surface area contributed by atoms with Crippen LogP contribution in [0.1, 0.15) is 59.3 Å². The minimum Gasteiger partial charge on any atom is -0.326 e. The topological polar surface area (TPSA) is 29.3 Å². The molecule has 1 aliphatic carbocycles. The van der Waals surface area contributed by atoms with Gasteiger partial charge in [-0.3, -0.25) is 4.90 Å². The third-order valence-corrected chi connectivity index (χ3v) is 4.97. The van der Waals surface area contributed by atoms with E-state index >= 15 is 0 Å². The molecule has 0 bridgehead atoms. The number of rotatable bonds is 1. The van der Waals surface area contributed by atoms with E-state index in [2.05, 4.69) is 25.7 Å². The molecule has 2 nitrogen and oxygen atoms in total. The number of nitrogens with zero attached hydrogens (tertiary/aromatic N) is 1. The summed E-state index contributed by atoms with van der Waals surface area (Å²) in [5.41, 5.74) is 6.89. The fourth-order valence-electron chi connectivity index (χ4n) is 3.57.